The Morgan fingerprint density at radius 1 is 1.20 bits per heavy atom. The van der Waals surface area contributed by atoms with Crippen LogP contribution in [0.25, 0.3) is 0 Å². The van der Waals surface area contributed by atoms with Gasteiger partial charge in [0, 0.05) is 24.7 Å². The highest BCUT2D eigenvalue weighted by atomic mass is 16.3. The highest BCUT2D eigenvalue weighted by Crippen LogP contribution is 2.44. The van der Waals surface area contributed by atoms with E-state index in [0.29, 0.717) is 24.0 Å². The second kappa shape index (κ2) is 6.33. The molecule has 3 heteroatoms. The Labute approximate surface area is 124 Å². The average Bonchev–Trinajstić information content (AvgIpc) is 2.37. The van der Waals surface area contributed by atoms with Gasteiger partial charge in [-0.2, -0.15) is 0 Å². The predicted molar refractivity (Wildman–Crippen MR) is 84.5 cm³/mol. The second-order valence-corrected chi connectivity index (χ2v) is 8.32. The molecular formula is C17H34N2O. The Kier molecular flexibility index (Phi) is 5.14. The topological polar surface area (TPSA) is 58.3 Å². The highest BCUT2D eigenvalue weighted by molar-refractivity contribution is 5.02. The minimum atomic E-state index is 0.0800. The zero-order chi connectivity index (χ0) is 14.8. The first-order valence-electron chi connectivity index (χ1n) is 8.48. The molecule has 4 atom stereocenters. The third-order valence-electron chi connectivity index (χ3n) is 5.48. The van der Waals surface area contributed by atoms with Crippen molar-refractivity contribution in [1.29, 1.82) is 0 Å². The standard InChI is InChI=1S/C17H34N2O/c1-13-8-16(2,3)11-17(9-13,12-18)19-15-7-5-4-6-14(15)10-20/h13-15,19-20H,4-12,18H2,1-3H3. The highest BCUT2D eigenvalue weighted by Gasteiger charge is 2.43. The Morgan fingerprint density at radius 2 is 1.90 bits per heavy atom. The fraction of sp³-hybridized carbons (Fsp3) is 1.00. The molecule has 0 aromatic heterocycles. The number of nitrogens with two attached hydrogens (primary N) is 1. The number of aliphatic hydroxyl groups excluding tert-OH is 1. The van der Waals surface area contributed by atoms with E-state index in [4.69, 9.17) is 5.73 Å². The first kappa shape index (κ1) is 16.3. The number of aliphatic hydroxyl groups is 1. The molecule has 0 aliphatic heterocycles. The van der Waals surface area contributed by atoms with Crippen LogP contribution in [-0.4, -0.2) is 29.8 Å². The van der Waals surface area contributed by atoms with Crippen LogP contribution in [0.4, 0.5) is 0 Å². The quantitative estimate of drug-likeness (QED) is 0.743. The van der Waals surface area contributed by atoms with Crippen LogP contribution >= 0.6 is 0 Å². The lowest BCUT2D eigenvalue weighted by Gasteiger charge is -2.50. The monoisotopic (exact) mass is 282 g/mol. The molecule has 3 nitrogen and oxygen atoms in total. The summed E-state index contributed by atoms with van der Waals surface area (Å²) >= 11 is 0. The Hall–Kier alpha value is -0.120. The van der Waals surface area contributed by atoms with Gasteiger partial charge in [0.15, 0.2) is 0 Å². The van der Waals surface area contributed by atoms with Crippen molar-refractivity contribution in [3.8, 4) is 0 Å². The van der Waals surface area contributed by atoms with Gasteiger partial charge < -0.3 is 16.2 Å². The fourth-order valence-electron chi connectivity index (χ4n) is 5.08. The van der Waals surface area contributed by atoms with Gasteiger partial charge in [-0.15, -0.1) is 0 Å². The maximum absolute atomic E-state index is 9.63. The average molecular weight is 282 g/mol. The van der Waals surface area contributed by atoms with E-state index in [-0.39, 0.29) is 5.54 Å². The van der Waals surface area contributed by atoms with Crippen molar-refractivity contribution in [2.24, 2.45) is 23.0 Å². The summed E-state index contributed by atoms with van der Waals surface area (Å²) in [4.78, 5) is 0. The smallest absolute Gasteiger partial charge is 0.0474 e. The van der Waals surface area contributed by atoms with Crippen molar-refractivity contribution in [2.75, 3.05) is 13.2 Å². The van der Waals surface area contributed by atoms with E-state index in [1.165, 1.54) is 32.1 Å². The SMILES string of the molecule is CC1CC(C)(C)CC(CN)(NC2CCCCC2CO)C1. The van der Waals surface area contributed by atoms with E-state index in [9.17, 15) is 5.11 Å². The first-order valence-corrected chi connectivity index (χ1v) is 8.48. The molecule has 0 radical (unpaired) electrons. The zero-order valence-electron chi connectivity index (χ0n) is 13.6. The van der Waals surface area contributed by atoms with Crippen LogP contribution in [0.1, 0.15) is 65.7 Å². The Morgan fingerprint density at radius 3 is 2.50 bits per heavy atom. The van der Waals surface area contributed by atoms with Crippen LogP contribution in [0.5, 0.6) is 0 Å². The molecule has 4 N–H and O–H groups in total. The molecule has 0 aromatic rings. The van der Waals surface area contributed by atoms with Crippen LogP contribution in [0, 0.1) is 17.3 Å². The minimum Gasteiger partial charge on any atom is -0.396 e. The normalized spacial score (nSPS) is 41.5. The van der Waals surface area contributed by atoms with Gasteiger partial charge in [0.05, 0.1) is 0 Å². The van der Waals surface area contributed by atoms with Gasteiger partial charge in [-0.25, -0.2) is 0 Å². The maximum Gasteiger partial charge on any atom is 0.0474 e. The molecule has 0 saturated heterocycles. The molecule has 0 bridgehead atoms. The van der Waals surface area contributed by atoms with Crippen molar-refractivity contribution >= 4 is 0 Å². The van der Waals surface area contributed by atoms with Crippen molar-refractivity contribution in [2.45, 2.75) is 77.3 Å². The van der Waals surface area contributed by atoms with Crippen molar-refractivity contribution in [3.63, 3.8) is 0 Å². The zero-order valence-corrected chi connectivity index (χ0v) is 13.6. The molecule has 2 aliphatic carbocycles. The van der Waals surface area contributed by atoms with E-state index >= 15 is 0 Å². The molecule has 118 valence electrons. The molecule has 2 aliphatic rings. The molecule has 0 heterocycles. The van der Waals surface area contributed by atoms with Gasteiger partial charge in [0.2, 0.25) is 0 Å². The number of hydrogen-bond donors (Lipinski definition) is 3. The summed E-state index contributed by atoms with van der Waals surface area (Å²) in [6.07, 6.45) is 8.55. The summed E-state index contributed by atoms with van der Waals surface area (Å²) in [6.45, 7) is 8.14. The number of rotatable bonds is 4. The Balaban J connectivity index is 2.10. The van der Waals surface area contributed by atoms with Gasteiger partial charge in [0.1, 0.15) is 0 Å². The van der Waals surface area contributed by atoms with E-state index in [2.05, 4.69) is 26.1 Å². The van der Waals surface area contributed by atoms with Crippen LogP contribution in [-0.2, 0) is 0 Å². The molecule has 0 amide bonds. The molecule has 4 unspecified atom stereocenters. The van der Waals surface area contributed by atoms with E-state index in [1.54, 1.807) is 0 Å². The van der Waals surface area contributed by atoms with Gasteiger partial charge in [0.25, 0.3) is 0 Å². The molecule has 2 fully saturated rings. The van der Waals surface area contributed by atoms with Crippen LogP contribution < -0.4 is 11.1 Å². The van der Waals surface area contributed by atoms with Crippen molar-refractivity contribution in [3.05, 3.63) is 0 Å². The third kappa shape index (κ3) is 3.75. The second-order valence-electron chi connectivity index (χ2n) is 8.32. The van der Waals surface area contributed by atoms with E-state index in [0.717, 1.165) is 25.3 Å². The molecule has 0 aromatic carbocycles. The molecular weight excluding hydrogens is 248 g/mol. The molecule has 20 heavy (non-hydrogen) atoms. The number of nitrogens with one attached hydrogen (secondary N) is 1. The fourth-order valence-corrected chi connectivity index (χ4v) is 5.08. The molecule has 2 rings (SSSR count). The van der Waals surface area contributed by atoms with E-state index in [1.807, 2.05) is 0 Å². The molecule has 0 spiro atoms. The maximum atomic E-state index is 9.63. The van der Waals surface area contributed by atoms with Gasteiger partial charge >= 0.3 is 0 Å². The third-order valence-corrected chi connectivity index (χ3v) is 5.48. The number of hydrogen-bond acceptors (Lipinski definition) is 3. The lowest BCUT2D eigenvalue weighted by molar-refractivity contribution is 0.0532. The summed E-state index contributed by atoms with van der Waals surface area (Å²) in [6, 6.07) is 0.457. The van der Waals surface area contributed by atoms with Crippen molar-refractivity contribution in [1.82, 2.24) is 5.32 Å². The summed E-state index contributed by atoms with van der Waals surface area (Å²) < 4.78 is 0. The van der Waals surface area contributed by atoms with Gasteiger partial charge in [-0.1, -0.05) is 33.6 Å². The lowest BCUT2D eigenvalue weighted by atomic mass is 9.63. The largest absolute Gasteiger partial charge is 0.396 e. The Bertz CT molecular complexity index is 318. The van der Waals surface area contributed by atoms with E-state index < -0.39 is 0 Å². The van der Waals surface area contributed by atoms with Gasteiger partial charge in [-0.05, 0) is 49.4 Å². The van der Waals surface area contributed by atoms with Crippen molar-refractivity contribution < 1.29 is 5.11 Å². The van der Waals surface area contributed by atoms with Crippen LogP contribution in [0.2, 0.25) is 0 Å². The molecule has 2 saturated carbocycles. The van der Waals surface area contributed by atoms with Crippen LogP contribution in [0.15, 0.2) is 0 Å². The van der Waals surface area contributed by atoms with Gasteiger partial charge in [-0.3, -0.25) is 0 Å². The van der Waals surface area contributed by atoms with Crippen LogP contribution in [0.3, 0.4) is 0 Å². The lowest BCUT2D eigenvalue weighted by Crippen LogP contribution is -2.61. The first-order chi connectivity index (χ1) is 9.40. The summed E-state index contributed by atoms with van der Waals surface area (Å²) in [5.41, 5.74) is 6.65. The predicted octanol–water partition coefficient (Wildman–Crippen LogP) is 2.67. The summed E-state index contributed by atoms with van der Waals surface area (Å²) in [7, 11) is 0. The summed E-state index contributed by atoms with van der Waals surface area (Å²) in [5, 5.41) is 13.6. The summed E-state index contributed by atoms with van der Waals surface area (Å²) in [5.74, 6) is 1.15. The minimum absolute atomic E-state index is 0.0800.